The number of hydrogen-bond donors (Lipinski definition) is 2. The van der Waals surface area contributed by atoms with E-state index in [0.29, 0.717) is 16.7 Å². The van der Waals surface area contributed by atoms with Crippen LogP contribution < -0.4 is 10.6 Å². The van der Waals surface area contributed by atoms with Gasteiger partial charge < -0.3 is 10.6 Å². The highest BCUT2D eigenvalue weighted by Gasteiger charge is 2.11. The van der Waals surface area contributed by atoms with Crippen molar-refractivity contribution in [2.75, 3.05) is 11.9 Å². The van der Waals surface area contributed by atoms with Crippen LogP contribution in [0.4, 0.5) is 10.2 Å². The molecule has 1 atom stereocenters. The molecule has 1 amide bonds. The first kappa shape index (κ1) is 17.9. The van der Waals surface area contributed by atoms with E-state index in [9.17, 15) is 9.18 Å². The molecule has 1 aromatic carbocycles. The minimum absolute atomic E-state index is 0.0541. The second-order valence-corrected chi connectivity index (χ2v) is 6.06. The van der Waals surface area contributed by atoms with Gasteiger partial charge in [0.2, 0.25) is 5.91 Å². The highest BCUT2D eigenvalue weighted by Crippen LogP contribution is 2.17. The number of aromatic nitrogens is 3. The first-order valence-electron chi connectivity index (χ1n) is 7.98. The molecule has 0 aliphatic carbocycles. The molecule has 0 aliphatic rings. The van der Waals surface area contributed by atoms with Crippen LogP contribution in [0.25, 0.3) is 5.82 Å². The Balaban J connectivity index is 1.55. The summed E-state index contributed by atoms with van der Waals surface area (Å²) in [7, 11) is 0. The maximum Gasteiger partial charge on any atom is 0.239 e. The standard InChI is InChI=1S/C18H17ClFN5O/c1-12(13-4-6-14(20)7-5-13)23-17(26)11-22-16-8-10-25(24-16)18-15(19)3-2-9-21-18/h2-10,12H,11H2,1H3,(H,22,24)(H,23,26)/t12-/m0/s1. The molecular formula is C18H17ClFN5O. The van der Waals surface area contributed by atoms with E-state index in [2.05, 4.69) is 20.7 Å². The third-order valence-electron chi connectivity index (χ3n) is 3.72. The molecule has 0 unspecified atom stereocenters. The maximum atomic E-state index is 13.0. The van der Waals surface area contributed by atoms with Crippen LogP contribution in [0.15, 0.2) is 54.9 Å². The summed E-state index contributed by atoms with van der Waals surface area (Å²) >= 11 is 6.09. The predicted molar refractivity (Wildman–Crippen MR) is 97.8 cm³/mol. The number of hydrogen-bond acceptors (Lipinski definition) is 4. The van der Waals surface area contributed by atoms with Gasteiger partial charge >= 0.3 is 0 Å². The molecule has 3 rings (SSSR count). The van der Waals surface area contributed by atoms with Gasteiger partial charge in [-0.05, 0) is 36.8 Å². The van der Waals surface area contributed by atoms with Crippen LogP contribution in [-0.4, -0.2) is 27.2 Å². The summed E-state index contributed by atoms with van der Waals surface area (Å²) in [5.41, 5.74) is 0.828. The monoisotopic (exact) mass is 373 g/mol. The molecule has 0 aliphatic heterocycles. The van der Waals surface area contributed by atoms with E-state index >= 15 is 0 Å². The fraction of sp³-hybridized carbons (Fsp3) is 0.167. The maximum absolute atomic E-state index is 13.0. The molecule has 8 heteroatoms. The van der Waals surface area contributed by atoms with Crippen LogP contribution in [0.2, 0.25) is 5.02 Å². The Morgan fingerprint density at radius 1 is 1.27 bits per heavy atom. The lowest BCUT2D eigenvalue weighted by Crippen LogP contribution is -2.32. The van der Waals surface area contributed by atoms with Crippen LogP contribution in [0.5, 0.6) is 0 Å². The summed E-state index contributed by atoms with van der Waals surface area (Å²) < 4.78 is 14.5. The van der Waals surface area contributed by atoms with Gasteiger partial charge in [0.25, 0.3) is 0 Å². The van der Waals surface area contributed by atoms with Crippen LogP contribution in [0.1, 0.15) is 18.5 Å². The number of anilines is 1. The zero-order valence-corrected chi connectivity index (χ0v) is 14.7. The number of carbonyl (C=O) groups is 1. The Labute approximate surface area is 155 Å². The molecule has 0 bridgehead atoms. The molecule has 26 heavy (non-hydrogen) atoms. The Morgan fingerprint density at radius 3 is 2.77 bits per heavy atom. The van der Waals surface area contributed by atoms with E-state index in [1.807, 2.05) is 6.92 Å². The molecule has 0 fully saturated rings. The van der Waals surface area contributed by atoms with Gasteiger partial charge in [-0.2, -0.15) is 0 Å². The van der Waals surface area contributed by atoms with Gasteiger partial charge in [0.1, 0.15) is 11.6 Å². The molecule has 3 aromatic rings. The molecule has 134 valence electrons. The molecular weight excluding hydrogens is 357 g/mol. The summed E-state index contributed by atoms with van der Waals surface area (Å²) in [5, 5.41) is 10.6. The van der Waals surface area contributed by atoms with Crippen molar-refractivity contribution in [3.8, 4) is 5.82 Å². The Bertz CT molecular complexity index is 897. The summed E-state index contributed by atoms with van der Waals surface area (Å²) in [6.45, 7) is 1.89. The lowest BCUT2D eigenvalue weighted by Gasteiger charge is -2.14. The molecule has 0 spiro atoms. The summed E-state index contributed by atoms with van der Waals surface area (Å²) in [6, 6.07) is 11.0. The van der Waals surface area contributed by atoms with Crippen molar-refractivity contribution in [3.05, 3.63) is 71.3 Å². The van der Waals surface area contributed by atoms with Crippen LogP contribution in [-0.2, 0) is 4.79 Å². The number of nitrogens with one attached hydrogen (secondary N) is 2. The van der Waals surface area contributed by atoms with Crippen LogP contribution in [0, 0.1) is 5.82 Å². The molecule has 0 saturated heterocycles. The number of amides is 1. The topological polar surface area (TPSA) is 71.8 Å². The minimum Gasteiger partial charge on any atom is -0.360 e. The van der Waals surface area contributed by atoms with Gasteiger partial charge in [0.05, 0.1) is 17.6 Å². The average Bonchev–Trinajstić information content (AvgIpc) is 3.09. The SMILES string of the molecule is C[C@H](NC(=O)CNc1ccn(-c2ncccc2Cl)n1)c1ccc(F)cc1. The lowest BCUT2D eigenvalue weighted by molar-refractivity contribution is -0.120. The quantitative estimate of drug-likeness (QED) is 0.695. The van der Waals surface area contributed by atoms with E-state index in [1.165, 1.54) is 16.8 Å². The van der Waals surface area contributed by atoms with E-state index in [4.69, 9.17) is 11.6 Å². The van der Waals surface area contributed by atoms with Crippen molar-refractivity contribution in [1.82, 2.24) is 20.1 Å². The molecule has 2 aromatic heterocycles. The number of benzene rings is 1. The van der Waals surface area contributed by atoms with Crippen molar-refractivity contribution >= 4 is 23.3 Å². The van der Waals surface area contributed by atoms with E-state index in [0.717, 1.165) is 5.56 Å². The first-order valence-corrected chi connectivity index (χ1v) is 8.36. The Morgan fingerprint density at radius 2 is 2.04 bits per heavy atom. The normalized spacial score (nSPS) is 11.8. The number of nitrogens with zero attached hydrogens (tertiary/aromatic N) is 3. The van der Waals surface area contributed by atoms with Crippen LogP contribution >= 0.6 is 11.6 Å². The Hall–Kier alpha value is -2.93. The fourth-order valence-corrected chi connectivity index (χ4v) is 2.59. The smallest absolute Gasteiger partial charge is 0.239 e. The van der Waals surface area contributed by atoms with Crippen molar-refractivity contribution in [2.24, 2.45) is 0 Å². The Kier molecular flexibility index (Phi) is 5.48. The third kappa shape index (κ3) is 4.37. The van der Waals surface area contributed by atoms with Gasteiger partial charge in [-0.3, -0.25) is 4.79 Å². The highest BCUT2D eigenvalue weighted by atomic mass is 35.5. The van der Waals surface area contributed by atoms with Crippen molar-refractivity contribution in [1.29, 1.82) is 0 Å². The third-order valence-corrected chi connectivity index (χ3v) is 4.02. The zero-order valence-electron chi connectivity index (χ0n) is 14.0. The molecule has 2 heterocycles. The number of rotatable bonds is 6. The fourth-order valence-electron chi connectivity index (χ4n) is 2.38. The summed E-state index contributed by atoms with van der Waals surface area (Å²) in [4.78, 5) is 16.3. The van der Waals surface area contributed by atoms with Gasteiger partial charge in [0, 0.05) is 18.5 Å². The number of halogens is 2. The highest BCUT2D eigenvalue weighted by molar-refractivity contribution is 6.32. The zero-order chi connectivity index (χ0) is 18.5. The second kappa shape index (κ2) is 7.97. The molecule has 2 N–H and O–H groups in total. The van der Waals surface area contributed by atoms with E-state index in [-0.39, 0.29) is 24.3 Å². The first-order chi connectivity index (χ1) is 12.5. The van der Waals surface area contributed by atoms with Crippen molar-refractivity contribution in [2.45, 2.75) is 13.0 Å². The summed E-state index contributed by atoms with van der Waals surface area (Å²) in [6.07, 6.45) is 3.33. The second-order valence-electron chi connectivity index (χ2n) is 5.65. The average molecular weight is 374 g/mol. The number of pyridine rings is 1. The van der Waals surface area contributed by atoms with Gasteiger partial charge in [-0.15, -0.1) is 5.10 Å². The van der Waals surface area contributed by atoms with Crippen molar-refractivity contribution < 1.29 is 9.18 Å². The summed E-state index contributed by atoms with van der Waals surface area (Å²) in [5.74, 6) is 0.526. The van der Waals surface area contributed by atoms with Crippen molar-refractivity contribution in [3.63, 3.8) is 0 Å². The van der Waals surface area contributed by atoms with E-state index < -0.39 is 0 Å². The lowest BCUT2D eigenvalue weighted by atomic mass is 10.1. The molecule has 6 nitrogen and oxygen atoms in total. The molecule has 0 radical (unpaired) electrons. The minimum atomic E-state index is -0.308. The molecule has 0 saturated carbocycles. The number of carbonyl (C=O) groups excluding carboxylic acids is 1. The predicted octanol–water partition coefficient (Wildman–Crippen LogP) is 3.35. The van der Waals surface area contributed by atoms with Gasteiger partial charge in [-0.25, -0.2) is 14.1 Å². The van der Waals surface area contributed by atoms with Gasteiger partial charge in [-0.1, -0.05) is 23.7 Å². The van der Waals surface area contributed by atoms with Gasteiger partial charge in [0.15, 0.2) is 5.82 Å². The van der Waals surface area contributed by atoms with Crippen LogP contribution in [0.3, 0.4) is 0 Å². The van der Waals surface area contributed by atoms with E-state index in [1.54, 1.807) is 42.7 Å². The largest absolute Gasteiger partial charge is 0.360 e.